The SMILES string of the molecule is Cc1cc([N+](=O)[O-])cc(SC(F)(F)F)c1C. The lowest BCUT2D eigenvalue weighted by atomic mass is 10.1. The minimum atomic E-state index is -4.44. The summed E-state index contributed by atoms with van der Waals surface area (Å²) in [7, 11) is 0. The van der Waals surface area contributed by atoms with Crippen molar-refractivity contribution in [1.29, 1.82) is 0 Å². The molecule has 0 heterocycles. The number of thioether (sulfide) groups is 1. The second-order valence-corrected chi connectivity index (χ2v) is 4.30. The number of hydrogen-bond donors (Lipinski definition) is 0. The van der Waals surface area contributed by atoms with Gasteiger partial charge in [0.05, 0.1) is 4.92 Å². The number of non-ortho nitro benzene ring substituents is 1. The molecule has 1 aromatic carbocycles. The number of aryl methyl sites for hydroxylation is 1. The van der Waals surface area contributed by atoms with E-state index in [0.717, 1.165) is 6.07 Å². The van der Waals surface area contributed by atoms with E-state index < -0.39 is 10.4 Å². The molecule has 0 N–H and O–H groups in total. The van der Waals surface area contributed by atoms with E-state index in [9.17, 15) is 23.3 Å². The molecule has 0 aliphatic rings. The Morgan fingerprint density at radius 3 is 2.31 bits per heavy atom. The largest absolute Gasteiger partial charge is 0.446 e. The topological polar surface area (TPSA) is 43.1 Å². The van der Waals surface area contributed by atoms with Gasteiger partial charge in [-0.25, -0.2) is 0 Å². The Bertz CT molecular complexity index is 431. The molecule has 88 valence electrons. The first-order chi connectivity index (χ1) is 7.20. The van der Waals surface area contributed by atoms with Crippen LogP contribution in [0.15, 0.2) is 17.0 Å². The maximum atomic E-state index is 12.2. The molecule has 0 saturated carbocycles. The minimum absolute atomic E-state index is 0.126. The third-order valence-electron chi connectivity index (χ3n) is 2.04. The summed E-state index contributed by atoms with van der Waals surface area (Å²) in [4.78, 5) is 9.67. The molecule has 3 nitrogen and oxygen atoms in total. The summed E-state index contributed by atoms with van der Waals surface area (Å²) in [5.74, 6) is 0. The third kappa shape index (κ3) is 3.13. The monoisotopic (exact) mass is 251 g/mol. The smallest absolute Gasteiger partial charge is 0.258 e. The lowest BCUT2D eigenvalue weighted by molar-refractivity contribution is -0.385. The number of alkyl halides is 3. The van der Waals surface area contributed by atoms with E-state index in [4.69, 9.17) is 0 Å². The number of nitrogens with zero attached hydrogens (tertiary/aromatic N) is 1. The first-order valence-corrected chi connectivity index (χ1v) is 5.04. The van der Waals surface area contributed by atoms with Crippen molar-refractivity contribution in [3.63, 3.8) is 0 Å². The summed E-state index contributed by atoms with van der Waals surface area (Å²) in [5, 5.41) is 10.5. The van der Waals surface area contributed by atoms with Crippen molar-refractivity contribution in [2.75, 3.05) is 0 Å². The standard InChI is InChI=1S/C9H8F3NO2S/c1-5-3-7(13(14)15)4-8(6(5)2)16-9(10,11)12/h3-4H,1-2H3. The lowest BCUT2D eigenvalue weighted by Gasteiger charge is -2.10. The predicted octanol–water partition coefficient (Wildman–Crippen LogP) is 3.82. The van der Waals surface area contributed by atoms with E-state index in [-0.39, 0.29) is 22.3 Å². The summed E-state index contributed by atoms with van der Waals surface area (Å²) in [6.45, 7) is 3.05. The molecule has 0 aromatic heterocycles. The van der Waals surface area contributed by atoms with Crippen LogP contribution < -0.4 is 0 Å². The van der Waals surface area contributed by atoms with Gasteiger partial charge in [0.2, 0.25) is 0 Å². The number of hydrogen-bond acceptors (Lipinski definition) is 3. The quantitative estimate of drug-likeness (QED) is 0.456. The first kappa shape index (κ1) is 12.8. The fourth-order valence-corrected chi connectivity index (χ4v) is 1.89. The molecule has 16 heavy (non-hydrogen) atoms. The van der Waals surface area contributed by atoms with Crippen molar-refractivity contribution in [3.8, 4) is 0 Å². The maximum Gasteiger partial charge on any atom is 0.446 e. The molecular formula is C9H8F3NO2S. The van der Waals surface area contributed by atoms with Crippen molar-refractivity contribution < 1.29 is 18.1 Å². The second kappa shape index (κ2) is 4.32. The number of halogens is 3. The van der Waals surface area contributed by atoms with Crippen LogP contribution in [-0.4, -0.2) is 10.4 Å². The highest BCUT2D eigenvalue weighted by atomic mass is 32.2. The van der Waals surface area contributed by atoms with Crippen LogP contribution in [0.3, 0.4) is 0 Å². The van der Waals surface area contributed by atoms with E-state index in [1.165, 1.54) is 13.0 Å². The Labute approximate surface area is 93.8 Å². The number of nitro benzene ring substituents is 1. The number of benzene rings is 1. The molecule has 0 fully saturated rings. The van der Waals surface area contributed by atoms with E-state index in [0.29, 0.717) is 11.1 Å². The molecule has 7 heteroatoms. The van der Waals surface area contributed by atoms with Gasteiger partial charge in [-0.1, -0.05) is 0 Å². The van der Waals surface area contributed by atoms with Gasteiger partial charge in [-0.15, -0.1) is 0 Å². The molecule has 0 radical (unpaired) electrons. The van der Waals surface area contributed by atoms with Gasteiger partial charge in [-0.3, -0.25) is 10.1 Å². The Hall–Kier alpha value is -1.24. The van der Waals surface area contributed by atoms with Gasteiger partial charge >= 0.3 is 5.51 Å². The van der Waals surface area contributed by atoms with Gasteiger partial charge in [-0.2, -0.15) is 13.2 Å². The van der Waals surface area contributed by atoms with Crippen LogP contribution in [0.25, 0.3) is 0 Å². The van der Waals surface area contributed by atoms with Crippen LogP contribution in [0, 0.1) is 24.0 Å². The molecule has 0 bridgehead atoms. The number of rotatable bonds is 2. The molecule has 0 saturated heterocycles. The zero-order chi connectivity index (χ0) is 12.5. The zero-order valence-corrected chi connectivity index (χ0v) is 9.28. The van der Waals surface area contributed by atoms with Gasteiger partial charge in [0.1, 0.15) is 0 Å². The van der Waals surface area contributed by atoms with Crippen molar-refractivity contribution in [1.82, 2.24) is 0 Å². The lowest BCUT2D eigenvalue weighted by Crippen LogP contribution is -2.01. The fraction of sp³-hybridized carbons (Fsp3) is 0.333. The van der Waals surface area contributed by atoms with Gasteiger partial charge in [0.15, 0.2) is 0 Å². The van der Waals surface area contributed by atoms with Crippen LogP contribution in [0.1, 0.15) is 11.1 Å². The van der Waals surface area contributed by atoms with Gasteiger partial charge in [0.25, 0.3) is 5.69 Å². The molecule has 0 aliphatic heterocycles. The van der Waals surface area contributed by atoms with Crippen molar-refractivity contribution in [2.45, 2.75) is 24.3 Å². The summed E-state index contributed by atoms with van der Waals surface area (Å²) >= 11 is -0.331. The highest BCUT2D eigenvalue weighted by molar-refractivity contribution is 8.00. The predicted molar refractivity (Wildman–Crippen MR) is 54.5 cm³/mol. The van der Waals surface area contributed by atoms with Crippen LogP contribution in [0.5, 0.6) is 0 Å². The molecule has 0 spiro atoms. The van der Waals surface area contributed by atoms with Crippen LogP contribution >= 0.6 is 11.8 Å². The summed E-state index contributed by atoms with van der Waals surface area (Å²) in [5.41, 5.74) is -3.88. The van der Waals surface area contributed by atoms with Gasteiger partial charge < -0.3 is 0 Å². The van der Waals surface area contributed by atoms with Crippen LogP contribution in [0.4, 0.5) is 18.9 Å². The molecule has 1 rings (SSSR count). The molecule has 0 unspecified atom stereocenters. The van der Waals surface area contributed by atoms with E-state index >= 15 is 0 Å². The molecule has 0 atom stereocenters. The molecular weight excluding hydrogens is 243 g/mol. The fourth-order valence-electron chi connectivity index (χ4n) is 1.14. The van der Waals surface area contributed by atoms with E-state index in [2.05, 4.69) is 0 Å². The minimum Gasteiger partial charge on any atom is -0.258 e. The van der Waals surface area contributed by atoms with Crippen molar-refractivity contribution in [3.05, 3.63) is 33.4 Å². The van der Waals surface area contributed by atoms with Gasteiger partial charge in [0, 0.05) is 17.0 Å². The molecule has 0 amide bonds. The van der Waals surface area contributed by atoms with Crippen LogP contribution in [-0.2, 0) is 0 Å². The molecule has 0 aliphatic carbocycles. The Morgan fingerprint density at radius 1 is 1.31 bits per heavy atom. The second-order valence-electron chi connectivity index (χ2n) is 3.19. The third-order valence-corrected chi connectivity index (χ3v) is 2.92. The van der Waals surface area contributed by atoms with Crippen molar-refractivity contribution >= 4 is 17.4 Å². The zero-order valence-electron chi connectivity index (χ0n) is 8.46. The first-order valence-electron chi connectivity index (χ1n) is 4.22. The average molecular weight is 251 g/mol. The molecule has 1 aromatic rings. The van der Waals surface area contributed by atoms with E-state index in [1.807, 2.05) is 0 Å². The Morgan fingerprint density at radius 2 is 1.88 bits per heavy atom. The summed E-state index contributed by atoms with van der Waals surface area (Å²) in [6.07, 6.45) is 0. The van der Waals surface area contributed by atoms with Crippen LogP contribution in [0.2, 0.25) is 0 Å². The van der Waals surface area contributed by atoms with E-state index in [1.54, 1.807) is 6.92 Å². The number of nitro groups is 1. The Balaban J connectivity index is 3.22. The van der Waals surface area contributed by atoms with Gasteiger partial charge in [-0.05, 0) is 36.7 Å². The average Bonchev–Trinajstić information content (AvgIpc) is 2.10. The summed E-state index contributed by atoms with van der Waals surface area (Å²) < 4.78 is 36.5. The summed E-state index contributed by atoms with van der Waals surface area (Å²) in [6, 6.07) is 2.20. The highest BCUT2D eigenvalue weighted by Gasteiger charge is 2.31. The van der Waals surface area contributed by atoms with Crippen molar-refractivity contribution in [2.24, 2.45) is 0 Å². The Kier molecular flexibility index (Phi) is 3.47. The normalized spacial score (nSPS) is 11.6. The highest BCUT2D eigenvalue weighted by Crippen LogP contribution is 2.40. The maximum absolute atomic E-state index is 12.2.